The van der Waals surface area contributed by atoms with Crippen molar-refractivity contribution in [3.05, 3.63) is 68.4 Å². The predicted octanol–water partition coefficient (Wildman–Crippen LogP) is 3.29. The molecule has 2 N–H and O–H groups in total. The number of fused-ring (bicyclic) bond motifs is 1. The molecule has 0 spiro atoms. The molecule has 0 saturated heterocycles. The fourth-order valence-electron chi connectivity index (χ4n) is 3.61. The van der Waals surface area contributed by atoms with E-state index in [-0.39, 0.29) is 29.3 Å². The van der Waals surface area contributed by atoms with Crippen molar-refractivity contribution in [2.45, 2.75) is 31.6 Å². The summed E-state index contributed by atoms with van der Waals surface area (Å²) >= 11 is 1.06. The smallest absolute Gasteiger partial charge is 0.356 e. The van der Waals surface area contributed by atoms with Gasteiger partial charge in [-0.1, -0.05) is 18.2 Å². The number of hydrogen-bond donors (Lipinski definition) is 2. The molecule has 0 aliphatic heterocycles. The third-order valence-corrected chi connectivity index (χ3v) is 6.32. The molecule has 4 rings (SSSR count). The Hall–Kier alpha value is -3.46. The number of thiazole rings is 1. The fourth-order valence-corrected chi connectivity index (χ4v) is 4.90. The van der Waals surface area contributed by atoms with Crippen LogP contribution in [-0.4, -0.2) is 34.5 Å². The van der Waals surface area contributed by atoms with Gasteiger partial charge in [-0.25, -0.2) is 4.79 Å². The van der Waals surface area contributed by atoms with Crippen molar-refractivity contribution >= 4 is 39.7 Å². The lowest BCUT2D eigenvalue weighted by molar-refractivity contribution is -0.136. The van der Waals surface area contributed by atoms with Gasteiger partial charge in [0, 0.05) is 18.2 Å². The Bertz CT molecular complexity index is 1240. The first-order valence-corrected chi connectivity index (χ1v) is 10.6. The zero-order valence-corrected chi connectivity index (χ0v) is 17.5. The number of esters is 1. The monoisotopic (exact) mass is 440 g/mol. The zero-order valence-electron chi connectivity index (χ0n) is 16.7. The number of ether oxygens (including phenoxy) is 1. The fraction of sp³-hybridized carbons (Fsp3) is 0.273. The first-order chi connectivity index (χ1) is 14.9. The average Bonchev–Trinajstić information content (AvgIpc) is 3.50. The number of carboxylic acids is 1. The van der Waals surface area contributed by atoms with E-state index >= 15 is 0 Å². The van der Waals surface area contributed by atoms with Crippen LogP contribution in [0.15, 0.2) is 41.2 Å². The van der Waals surface area contributed by atoms with Crippen molar-refractivity contribution in [3.63, 3.8) is 0 Å². The molecule has 160 valence electrons. The van der Waals surface area contributed by atoms with Crippen LogP contribution in [0.25, 0.3) is 4.83 Å². The molecule has 3 aromatic rings. The number of aliphatic carboxylic acids is 1. The highest BCUT2D eigenvalue weighted by atomic mass is 32.1. The highest BCUT2D eigenvalue weighted by molar-refractivity contribution is 7.19. The van der Waals surface area contributed by atoms with Gasteiger partial charge in [0.15, 0.2) is 5.69 Å². The number of nitrogens with one attached hydrogen (secondary N) is 1. The molecule has 1 aliphatic carbocycles. The molecule has 1 aliphatic rings. The summed E-state index contributed by atoms with van der Waals surface area (Å²) < 4.78 is 6.10. The molecule has 9 heteroatoms. The second-order valence-corrected chi connectivity index (χ2v) is 8.32. The van der Waals surface area contributed by atoms with Crippen LogP contribution in [0.3, 0.4) is 0 Å². The number of nitrogens with zero attached hydrogens (tertiary/aromatic N) is 1. The Kier molecular flexibility index (Phi) is 5.60. The van der Waals surface area contributed by atoms with Crippen LogP contribution in [-0.2, 0) is 16.0 Å². The van der Waals surface area contributed by atoms with Gasteiger partial charge in [-0.3, -0.25) is 18.8 Å². The summed E-state index contributed by atoms with van der Waals surface area (Å²) in [4.78, 5) is 50.2. The Labute approximate surface area is 181 Å². The van der Waals surface area contributed by atoms with Gasteiger partial charge in [0.1, 0.15) is 9.71 Å². The van der Waals surface area contributed by atoms with Crippen molar-refractivity contribution < 1.29 is 24.2 Å². The number of carboxylic acid groups (broad SMARTS) is 1. The molecular formula is C22H20N2O6S. The van der Waals surface area contributed by atoms with Gasteiger partial charge in [-0.2, -0.15) is 0 Å². The van der Waals surface area contributed by atoms with E-state index in [1.165, 1.54) is 17.6 Å². The van der Waals surface area contributed by atoms with Crippen LogP contribution in [0.5, 0.6) is 0 Å². The number of para-hydroxylation sites is 1. The largest absolute Gasteiger partial charge is 0.481 e. The maximum absolute atomic E-state index is 13.0. The van der Waals surface area contributed by atoms with Gasteiger partial charge in [0.05, 0.1) is 7.11 Å². The van der Waals surface area contributed by atoms with E-state index in [2.05, 4.69) is 5.32 Å². The molecule has 0 radical (unpaired) electrons. The molecular weight excluding hydrogens is 420 g/mol. The van der Waals surface area contributed by atoms with Gasteiger partial charge in [0.25, 0.3) is 11.5 Å². The average molecular weight is 440 g/mol. The highest BCUT2D eigenvalue weighted by Crippen LogP contribution is 2.45. The summed E-state index contributed by atoms with van der Waals surface area (Å²) in [5.41, 5.74) is 1.44. The van der Waals surface area contributed by atoms with Gasteiger partial charge in [-0.05, 0) is 48.4 Å². The second kappa shape index (κ2) is 8.35. The van der Waals surface area contributed by atoms with Crippen LogP contribution in [0.1, 0.15) is 56.5 Å². The summed E-state index contributed by atoms with van der Waals surface area (Å²) in [6, 6.07) is 10.2. The quantitative estimate of drug-likeness (QED) is 0.545. The van der Waals surface area contributed by atoms with Gasteiger partial charge < -0.3 is 15.2 Å². The zero-order chi connectivity index (χ0) is 22.1. The number of carbonyl (C=O) groups excluding carboxylic acids is 2. The lowest BCUT2D eigenvalue weighted by atomic mass is 10.0. The molecule has 2 aromatic heterocycles. The summed E-state index contributed by atoms with van der Waals surface area (Å²) in [5, 5.41) is 11.8. The Morgan fingerprint density at radius 1 is 1.23 bits per heavy atom. The van der Waals surface area contributed by atoms with Gasteiger partial charge >= 0.3 is 11.9 Å². The minimum atomic E-state index is -0.952. The van der Waals surface area contributed by atoms with Crippen LogP contribution in [0, 0.1) is 0 Å². The summed E-state index contributed by atoms with van der Waals surface area (Å²) in [5.74, 6) is -2.08. The number of rotatable bonds is 7. The topological polar surface area (TPSA) is 114 Å². The standard InChI is InChI=1S/C22H20N2O6S/c1-30-22(29)18-19(20(28)23-14-5-3-2-4-6-14)31-21-17(12-7-8-12)13(9-10-16(26)27)11-15(25)24(18)21/h2-6,11-12H,7-10H2,1H3,(H,23,28)(H,26,27). The molecule has 31 heavy (non-hydrogen) atoms. The summed E-state index contributed by atoms with van der Waals surface area (Å²) in [6.45, 7) is 0. The SMILES string of the molecule is COC(=O)c1c(C(=O)Nc2ccccc2)sc2c(C3CC3)c(CCC(=O)O)cc(=O)n12. The van der Waals surface area contributed by atoms with Crippen LogP contribution in [0.2, 0.25) is 0 Å². The molecule has 1 aromatic carbocycles. The van der Waals surface area contributed by atoms with Crippen molar-refractivity contribution in [2.75, 3.05) is 12.4 Å². The number of aryl methyl sites for hydroxylation is 1. The number of pyridine rings is 1. The molecule has 0 bridgehead atoms. The van der Waals surface area contributed by atoms with E-state index in [1.54, 1.807) is 24.3 Å². The highest BCUT2D eigenvalue weighted by Gasteiger charge is 2.33. The number of benzene rings is 1. The number of amides is 1. The maximum atomic E-state index is 13.0. The van der Waals surface area contributed by atoms with E-state index in [0.717, 1.165) is 29.7 Å². The molecule has 1 saturated carbocycles. The normalized spacial score (nSPS) is 13.2. The van der Waals surface area contributed by atoms with Crippen LogP contribution >= 0.6 is 11.3 Å². The van der Waals surface area contributed by atoms with Crippen LogP contribution in [0.4, 0.5) is 5.69 Å². The van der Waals surface area contributed by atoms with Crippen molar-refractivity contribution in [3.8, 4) is 0 Å². The predicted molar refractivity (Wildman–Crippen MR) is 115 cm³/mol. The molecule has 1 amide bonds. The summed E-state index contributed by atoms with van der Waals surface area (Å²) in [6.07, 6.45) is 1.92. The van der Waals surface area contributed by atoms with Crippen molar-refractivity contribution in [1.82, 2.24) is 4.40 Å². The van der Waals surface area contributed by atoms with E-state index in [1.807, 2.05) is 6.07 Å². The van der Waals surface area contributed by atoms with E-state index in [0.29, 0.717) is 16.1 Å². The molecule has 0 atom stereocenters. The lowest BCUT2D eigenvalue weighted by Gasteiger charge is -2.10. The van der Waals surface area contributed by atoms with E-state index < -0.39 is 23.4 Å². The maximum Gasteiger partial charge on any atom is 0.356 e. The second-order valence-electron chi connectivity index (χ2n) is 7.32. The Morgan fingerprint density at radius 2 is 1.94 bits per heavy atom. The van der Waals surface area contributed by atoms with Crippen LogP contribution < -0.4 is 10.9 Å². The number of hydrogen-bond acceptors (Lipinski definition) is 6. The third-order valence-electron chi connectivity index (χ3n) is 5.15. The van der Waals surface area contributed by atoms with Crippen molar-refractivity contribution in [2.24, 2.45) is 0 Å². The number of carbonyl (C=O) groups is 3. The van der Waals surface area contributed by atoms with Gasteiger partial charge in [-0.15, -0.1) is 11.3 Å². The molecule has 8 nitrogen and oxygen atoms in total. The minimum Gasteiger partial charge on any atom is -0.481 e. The Morgan fingerprint density at radius 3 is 2.55 bits per heavy atom. The third kappa shape index (κ3) is 4.09. The number of anilines is 1. The first-order valence-electron chi connectivity index (χ1n) is 9.78. The first kappa shape index (κ1) is 20.8. The lowest BCUT2D eigenvalue weighted by Crippen LogP contribution is -2.23. The molecule has 1 fully saturated rings. The van der Waals surface area contributed by atoms with E-state index in [4.69, 9.17) is 9.84 Å². The summed E-state index contributed by atoms with van der Waals surface area (Å²) in [7, 11) is 1.19. The van der Waals surface area contributed by atoms with Crippen molar-refractivity contribution in [1.29, 1.82) is 0 Å². The Balaban J connectivity index is 1.90. The molecule has 2 heterocycles. The minimum absolute atomic E-state index is 0.0742. The van der Waals surface area contributed by atoms with E-state index in [9.17, 15) is 19.2 Å². The van der Waals surface area contributed by atoms with Gasteiger partial charge in [0.2, 0.25) is 0 Å². The molecule has 0 unspecified atom stereocenters. The number of aromatic nitrogens is 1. The number of methoxy groups -OCH3 is 1.